The lowest BCUT2D eigenvalue weighted by Crippen LogP contribution is -2.50. The number of hydrogen-bond acceptors (Lipinski definition) is 2. The van der Waals surface area contributed by atoms with E-state index in [0.717, 1.165) is 38.9 Å². The fourth-order valence-corrected chi connectivity index (χ4v) is 2.54. The maximum Gasteiger partial charge on any atom is 0.225 e. The summed E-state index contributed by atoms with van der Waals surface area (Å²) in [4.78, 5) is 14.1. The molecule has 3 unspecified atom stereocenters. The number of piperidine rings is 1. The molecule has 0 aliphatic carbocycles. The molecule has 17 heavy (non-hydrogen) atoms. The predicted octanol–water partition coefficient (Wildman–Crippen LogP) is 2.27. The van der Waals surface area contributed by atoms with Crippen LogP contribution in [0.3, 0.4) is 0 Å². The zero-order valence-electron chi connectivity index (χ0n) is 11.8. The zero-order chi connectivity index (χ0) is 12.8. The SMILES string of the molecule is CCNC(CN1CCCC(C)C1=O)C(C)CC. The Bertz CT molecular complexity index is 242. The lowest BCUT2D eigenvalue weighted by molar-refractivity contribution is -0.138. The molecule has 0 aromatic rings. The highest BCUT2D eigenvalue weighted by molar-refractivity contribution is 5.79. The van der Waals surface area contributed by atoms with Crippen LogP contribution < -0.4 is 5.32 Å². The Labute approximate surface area is 106 Å². The van der Waals surface area contributed by atoms with Crippen LogP contribution >= 0.6 is 0 Å². The van der Waals surface area contributed by atoms with Gasteiger partial charge in [-0.3, -0.25) is 4.79 Å². The number of nitrogens with zero attached hydrogens (tertiary/aromatic N) is 1. The second-order valence-corrected chi connectivity index (χ2v) is 5.38. The molecule has 0 radical (unpaired) electrons. The van der Waals surface area contributed by atoms with Gasteiger partial charge >= 0.3 is 0 Å². The molecule has 1 aliphatic heterocycles. The third-order valence-electron chi connectivity index (χ3n) is 4.01. The summed E-state index contributed by atoms with van der Waals surface area (Å²) in [6, 6.07) is 0.444. The van der Waals surface area contributed by atoms with E-state index in [2.05, 4.69) is 37.9 Å². The number of likely N-dealkylation sites (N-methyl/N-ethyl adjacent to an activating group) is 1. The Balaban J connectivity index is 2.56. The topological polar surface area (TPSA) is 32.3 Å². The standard InChI is InChI=1S/C14H28N2O/c1-5-11(3)13(15-6-2)10-16-9-7-8-12(4)14(16)17/h11-13,15H,5-10H2,1-4H3. The summed E-state index contributed by atoms with van der Waals surface area (Å²) in [5, 5.41) is 3.52. The van der Waals surface area contributed by atoms with Crippen LogP contribution in [0.4, 0.5) is 0 Å². The van der Waals surface area contributed by atoms with E-state index in [1.807, 2.05) is 0 Å². The highest BCUT2D eigenvalue weighted by atomic mass is 16.2. The number of carbonyl (C=O) groups excluding carboxylic acids is 1. The van der Waals surface area contributed by atoms with Crippen molar-refractivity contribution < 1.29 is 4.79 Å². The van der Waals surface area contributed by atoms with Gasteiger partial charge in [0.15, 0.2) is 0 Å². The van der Waals surface area contributed by atoms with Gasteiger partial charge in [-0.15, -0.1) is 0 Å². The van der Waals surface area contributed by atoms with E-state index in [4.69, 9.17) is 0 Å². The first kappa shape index (κ1) is 14.5. The first-order valence-electron chi connectivity index (χ1n) is 7.12. The molecule has 3 atom stereocenters. The predicted molar refractivity (Wildman–Crippen MR) is 71.9 cm³/mol. The Kier molecular flexibility index (Phi) is 5.96. The van der Waals surface area contributed by atoms with Gasteiger partial charge in [-0.2, -0.15) is 0 Å². The molecule has 1 heterocycles. The average molecular weight is 240 g/mol. The van der Waals surface area contributed by atoms with Gasteiger partial charge in [-0.25, -0.2) is 0 Å². The molecule has 0 saturated carbocycles. The number of nitrogens with one attached hydrogen (secondary N) is 1. The molecule has 1 saturated heterocycles. The summed E-state index contributed by atoms with van der Waals surface area (Å²) in [6.45, 7) is 11.5. The summed E-state index contributed by atoms with van der Waals surface area (Å²) in [6.07, 6.45) is 3.38. The summed E-state index contributed by atoms with van der Waals surface area (Å²) in [5.74, 6) is 1.20. The Morgan fingerprint density at radius 2 is 2.18 bits per heavy atom. The van der Waals surface area contributed by atoms with Crippen LogP contribution in [0.2, 0.25) is 0 Å². The van der Waals surface area contributed by atoms with Crippen LogP contribution in [0, 0.1) is 11.8 Å². The minimum absolute atomic E-state index is 0.225. The molecule has 0 aromatic heterocycles. The highest BCUT2D eigenvalue weighted by Gasteiger charge is 2.28. The van der Waals surface area contributed by atoms with E-state index in [9.17, 15) is 4.79 Å². The van der Waals surface area contributed by atoms with Gasteiger partial charge in [0.2, 0.25) is 5.91 Å². The van der Waals surface area contributed by atoms with Crippen molar-refractivity contribution in [3.63, 3.8) is 0 Å². The van der Waals surface area contributed by atoms with Crippen LogP contribution in [0.15, 0.2) is 0 Å². The number of hydrogen-bond donors (Lipinski definition) is 1. The van der Waals surface area contributed by atoms with E-state index in [0.29, 0.717) is 17.9 Å². The largest absolute Gasteiger partial charge is 0.341 e. The quantitative estimate of drug-likeness (QED) is 0.772. The fraction of sp³-hybridized carbons (Fsp3) is 0.929. The molecule has 100 valence electrons. The third-order valence-corrected chi connectivity index (χ3v) is 4.01. The highest BCUT2D eigenvalue weighted by Crippen LogP contribution is 2.19. The van der Waals surface area contributed by atoms with Crippen molar-refractivity contribution in [1.82, 2.24) is 10.2 Å². The summed E-state index contributed by atoms with van der Waals surface area (Å²) < 4.78 is 0. The van der Waals surface area contributed by atoms with Crippen molar-refractivity contribution in [3.05, 3.63) is 0 Å². The minimum atomic E-state index is 0.225. The van der Waals surface area contributed by atoms with Crippen LogP contribution in [0.5, 0.6) is 0 Å². The van der Waals surface area contributed by atoms with Crippen LogP contribution in [0.25, 0.3) is 0 Å². The lowest BCUT2D eigenvalue weighted by atomic mass is 9.95. The van der Waals surface area contributed by atoms with Gasteiger partial charge in [-0.1, -0.05) is 34.1 Å². The van der Waals surface area contributed by atoms with E-state index >= 15 is 0 Å². The molecule has 0 bridgehead atoms. The normalized spacial score (nSPS) is 24.8. The molecule has 3 heteroatoms. The van der Waals surface area contributed by atoms with Crippen molar-refractivity contribution in [2.75, 3.05) is 19.6 Å². The first-order chi connectivity index (χ1) is 8.10. The molecule has 1 rings (SSSR count). The number of rotatable bonds is 6. The minimum Gasteiger partial charge on any atom is -0.341 e. The second kappa shape index (κ2) is 7.00. The van der Waals surface area contributed by atoms with Gasteiger partial charge in [-0.05, 0) is 25.3 Å². The van der Waals surface area contributed by atoms with Crippen molar-refractivity contribution in [3.8, 4) is 0 Å². The molecule has 0 spiro atoms. The Hall–Kier alpha value is -0.570. The maximum atomic E-state index is 12.1. The first-order valence-corrected chi connectivity index (χ1v) is 7.12. The summed E-state index contributed by atoms with van der Waals surface area (Å²) in [7, 11) is 0. The van der Waals surface area contributed by atoms with Gasteiger partial charge in [0.25, 0.3) is 0 Å². The monoisotopic (exact) mass is 240 g/mol. The second-order valence-electron chi connectivity index (χ2n) is 5.38. The molecule has 1 N–H and O–H groups in total. The van der Waals surface area contributed by atoms with Crippen molar-refractivity contribution in [2.45, 2.75) is 53.0 Å². The molecule has 1 amide bonds. The van der Waals surface area contributed by atoms with E-state index in [-0.39, 0.29) is 5.92 Å². The Morgan fingerprint density at radius 3 is 2.76 bits per heavy atom. The summed E-state index contributed by atoms with van der Waals surface area (Å²) in [5.41, 5.74) is 0. The molecule has 1 aliphatic rings. The van der Waals surface area contributed by atoms with Crippen molar-refractivity contribution in [2.24, 2.45) is 11.8 Å². The lowest BCUT2D eigenvalue weighted by Gasteiger charge is -2.35. The van der Waals surface area contributed by atoms with Gasteiger partial charge in [0, 0.05) is 25.0 Å². The smallest absolute Gasteiger partial charge is 0.225 e. The molecule has 0 aromatic carbocycles. The molecule has 3 nitrogen and oxygen atoms in total. The van der Waals surface area contributed by atoms with E-state index in [1.54, 1.807) is 0 Å². The number of likely N-dealkylation sites (tertiary alicyclic amines) is 1. The molecule has 1 fully saturated rings. The average Bonchev–Trinajstić information content (AvgIpc) is 2.33. The van der Waals surface area contributed by atoms with Crippen LogP contribution in [-0.4, -0.2) is 36.5 Å². The molecular formula is C14H28N2O. The van der Waals surface area contributed by atoms with Crippen molar-refractivity contribution in [1.29, 1.82) is 0 Å². The van der Waals surface area contributed by atoms with Crippen LogP contribution in [0.1, 0.15) is 47.0 Å². The summed E-state index contributed by atoms with van der Waals surface area (Å²) >= 11 is 0. The van der Waals surface area contributed by atoms with Gasteiger partial charge < -0.3 is 10.2 Å². The Morgan fingerprint density at radius 1 is 1.47 bits per heavy atom. The van der Waals surface area contributed by atoms with Crippen molar-refractivity contribution >= 4 is 5.91 Å². The zero-order valence-corrected chi connectivity index (χ0v) is 11.8. The maximum absolute atomic E-state index is 12.1. The fourth-order valence-electron chi connectivity index (χ4n) is 2.54. The third kappa shape index (κ3) is 3.98. The van der Waals surface area contributed by atoms with Crippen LogP contribution in [-0.2, 0) is 4.79 Å². The van der Waals surface area contributed by atoms with Gasteiger partial charge in [0.05, 0.1) is 0 Å². The number of amides is 1. The van der Waals surface area contributed by atoms with E-state index in [1.165, 1.54) is 0 Å². The number of carbonyl (C=O) groups is 1. The van der Waals surface area contributed by atoms with E-state index < -0.39 is 0 Å². The van der Waals surface area contributed by atoms with Gasteiger partial charge in [0.1, 0.15) is 0 Å². The molecular weight excluding hydrogens is 212 g/mol.